The molecule has 0 unspecified atom stereocenters. The molecule has 22 heavy (non-hydrogen) atoms. The van der Waals surface area contributed by atoms with Crippen LogP contribution in [0.25, 0.3) is 0 Å². The molecule has 2 aromatic rings. The van der Waals surface area contributed by atoms with Gasteiger partial charge >= 0.3 is 0 Å². The van der Waals surface area contributed by atoms with E-state index in [0.717, 1.165) is 6.07 Å². The lowest BCUT2D eigenvalue weighted by Gasteiger charge is -2.10. The third-order valence-electron chi connectivity index (χ3n) is 2.72. The Hall–Kier alpha value is -2.11. The van der Waals surface area contributed by atoms with Gasteiger partial charge in [0.15, 0.2) is 0 Å². The first-order valence-electron chi connectivity index (χ1n) is 6.25. The van der Waals surface area contributed by atoms with E-state index >= 15 is 0 Å². The summed E-state index contributed by atoms with van der Waals surface area (Å²) in [7, 11) is 0. The van der Waals surface area contributed by atoms with Gasteiger partial charge in [0.1, 0.15) is 5.82 Å². The lowest BCUT2D eigenvalue weighted by Crippen LogP contribution is -2.33. The fourth-order valence-electron chi connectivity index (χ4n) is 1.69. The Morgan fingerprint density at radius 2 is 1.68 bits per heavy atom. The van der Waals surface area contributed by atoms with Gasteiger partial charge in [-0.3, -0.25) is 9.59 Å². The molecule has 0 aliphatic rings. The SMILES string of the molecule is O=C(CNC(=O)c1cccc(F)c1)Nc1c(Cl)cccc1Cl. The topological polar surface area (TPSA) is 58.2 Å². The van der Waals surface area contributed by atoms with E-state index in [1.54, 1.807) is 18.2 Å². The minimum Gasteiger partial charge on any atom is -0.343 e. The molecule has 2 N–H and O–H groups in total. The minimum absolute atomic E-state index is 0.128. The van der Waals surface area contributed by atoms with E-state index in [0.29, 0.717) is 0 Å². The molecular formula is C15H11Cl2FN2O2. The average Bonchev–Trinajstić information content (AvgIpc) is 2.48. The van der Waals surface area contributed by atoms with Crippen molar-refractivity contribution >= 4 is 40.7 Å². The van der Waals surface area contributed by atoms with Gasteiger partial charge in [-0.2, -0.15) is 0 Å². The number of rotatable bonds is 4. The predicted molar refractivity (Wildman–Crippen MR) is 83.8 cm³/mol. The summed E-state index contributed by atoms with van der Waals surface area (Å²) in [6.07, 6.45) is 0. The van der Waals surface area contributed by atoms with Gasteiger partial charge in [-0.25, -0.2) is 4.39 Å². The van der Waals surface area contributed by atoms with E-state index in [-0.39, 0.29) is 27.8 Å². The smallest absolute Gasteiger partial charge is 0.251 e. The van der Waals surface area contributed by atoms with Crippen LogP contribution in [-0.4, -0.2) is 18.4 Å². The van der Waals surface area contributed by atoms with E-state index in [9.17, 15) is 14.0 Å². The molecule has 2 rings (SSSR count). The molecule has 2 aromatic carbocycles. The standard InChI is InChI=1S/C15H11Cl2FN2O2/c16-11-5-2-6-12(17)14(11)20-13(21)8-19-15(22)9-3-1-4-10(18)7-9/h1-7H,8H2,(H,19,22)(H,20,21). The van der Waals surface area contributed by atoms with Crippen molar-refractivity contribution in [2.24, 2.45) is 0 Å². The quantitative estimate of drug-likeness (QED) is 0.894. The third-order valence-corrected chi connectivity index (χ3v) is 3.35. The van der Waals surface area contributed by atoms with Crippen LogP contribution >= 0.6 is 23.2 Å². The van der Waals surface area contributed by atoms with Gasteiger partial charge in [0, 0.05) is 5.56 Å². The molecule has 0 saturated heterocycles. The molecule has 0 atom stereocenters. The first kappa shape index (κ1) is 16.3. The lowest BCUT2D eigenvalue weighted by atomic mass is 10.2. The Morgan fingerprint density at radius 1 is 1.05 bits per heavy atom. The van der Waals surface area contributed by atoms with Crippen LogP contribution in [0.3, 0.4) is 0 Å². The van der Waals surface area contributed by atoms with E-state index in [4.69, 9.17) is 23.2 Å². The monoisotopic (exact) mass is 340 g/mol. The molecule has 0 radical (unpaired) electrons. The number of nitrogens with one attached hydrogen (secondary N) is 2. The zero-order chi connectivity index (χ0) is 16.1. The van der Waals surface area contributed by atoms with Crippen LogP contribution in [0, 0.1) is 5.82 Å². The van der Waals surface area contributed by atoms with Crippen molar-refractivity contribution in [1.82, 2.24) is 5.32 Å². The maximum absolute atomic E-state index is 13.0. The van der Waals surface area contributed by atoms with Crippen molar-refractivity contribution in [3.05, 3.63) is 63.9 Å². The van der Waals surface area contributed by atoms with E-state index in [2.05, 4.69) is 10.6 Å². The number of carbonyl (C=O) groups excluding carboxylic acids is 2. The molecule has 0 aromatic heterocycles. The van der Waals surface area contributed by atoms with Gasteiger partial charge < -0.3 is 10.6 Å². The van der Waals surface area contributed by atoms with Gasteiger partial charge in [-0.05, 0) is 30.3 Å². The average molecular weight is 341 g/mol. The summed E-state index contributed by atoms with van der Waals surface area (Å²) in [6.45, 7) is -0.295. The number of anilines is 1. The predicted octanol–water partition coefficient (Wildman–Crippen LogP) is 3.50. The van der Waals surface area contributed by atoms with Crippen molar-refractivity contribution in [3.8, 4) is 0 Å². The second-order valence-corrected chi connectivity index (χ2v) is 5.15. The van der Waals surface area contributed by atoms with Gasteiger partial charge in [0.2, 0.25) is 5.91 Å². The van der Waals surface area contributed by atoms with Crippen LogP contribution in [0.2, 0.25) is 10.0 Å². The minimum atomic E-state index is -0.556. The summed E-state index contributed by atoms with van der Waals surface area (Å²) >= 11 is 11.8. The third kappa shape index (κ3) is 4.19. The Balaban J connectivity index is 1.94. The fourth-order valence-corrected chi connectivity index (χ4v) is 2.19. The van der Waals surface area contributed by atoms with Gasteiger partial charge in [0.05, 0.1) is 22.3 Å². The summed E-state index contributed by atoms with van der Waals surface area (Å²) in [5.74, 6) is -1.58. The highest BCUT2D eigenvalue weighted by Crippen LogP contribution is 2.29. The molecular weight excluding hydrogens is 330 g/mol. The van der Waals surface area contributed by atoms with Crippen LogP contribution < -0.4 is 10.6 Å². The largest absolute Gasteiger partial charge is 0.343 e. The molecule has 0 aliphatic heterocycles. The molecule has 4 nitrogen and oxygen atoms in total. The Kier molecular flexibility index (Phi) is 5.35. The number of para-hydroxylation sites is 1. The fraction of sp³-hybridized carbons (Fsp3) is 0.0667. The lowest BCUT2D eigenvalue weighted by molar-refractivity contribution is -0.115. The first-order chi connectivity index (χ1) is 10.5. The molecule has 114 valence electrons. The number of hydrogen-bond acceptors (Lipinski definition) is 2. The number of hydrogen-bond donors (Lipinski definition) is 2. The molecule has 2 amide bonds. The van der Waals surface area contributed by atoms with E-state index < -0.39 is 17.6 Å². The number of benzene rings is 2. The zero-order valence-electron chi connectivity index (χ0n) is 11.2. The number of carbonyl (C=O) groups is 2. The maximum Gasteiger partial charge on any atom is 0.251 e. The normalized spacial score (nSPS) is 10.1. The van der Waals surface area contributed by atoms with Crippen molar-refractivity contribution in [2.75, 3.05) is 11.9 Å². The van der Waals surface area contributed by atoms with E-state index in [1.807, 2.05) is 0 Å². The summed E-state index contributed by atoms with van der Waals surface area (Å²) in [4.78, 5) is 23.6. The van der Waals surface area contributed by atoms with Crippen molar-refractivity contribution < 1.29 is 14.0 Å². The van der Waals surface area contributed by atoms with Crippen molar-refractivity contribution in [2.45, 2.75) is 0 Å². The number of amides is 2. The van der Waals surface area contributed by atoms with Crippen LogP contribution in [-0.2, 0) is 4.79 Å². The highest BCUT2D eigenvalue weighted by atomic mass is 35.5. The molecule has 0 fully saturated rings. The molecule has 0 heterocycles. The molecule has 0 saturated carbocycles. The van der Waals surface area contributed by atoms with Crippen LogP contribution in [0.4, 0.5) is 10.1 Å². The molecule has 7 heteroatoms. The second-order valence-electron chi connectivity index (χ2n) is 4.34. The summed E-state index contributed by atoms with van der Waals surface area (Å²) in [5.41, 5.74) is 0.402. The number of halogens is 3. The van der Waals surface area contributed by atoms with Crippen molar-refractivity contribution in [1.29, 1.82) is 0 Å². The van der Waals surface area contributed by atoms with Crippen LogP contribution in [0.5, 0.6) is 0 Å². The van der Waals surface area contributed by atoms with Gasteiger partial charge in [0.25, 0.3) is 5.91 Å². The molecule has 0 aliphatic carbocycles. The van der Waals surface area contributed by atoms with Crippen LogP contribution in [0.15, 0.2) is 42.5 Å². The zero-order valence-corrected chi connectivity index (χ0v) is 12.7. The maximum atomic E-state index is 13.0. The first-order valence-corrected chi connectivity index (χ1v) is 7.00. The summed E-state index contributed by atoms with van der Waals surface area (Å²) < 4.78 is 13.0. The summed E-state index contributed by atoms with van der Waals surface area (Å²) in [6, 6.07) is 9.96. The Bertz CT molecular complexity index is 702. The Labute approximate surface area is 136 Å². The molecule has 0 bridgehead atoms. The molecule has 0 spiro atoms. The highest BCUT2D eigenvalue weighted by Gasteiger charge is 2.12. The van der Waals surface area contributed by atoms with Gasteiger partial charge in [-0.15, -0.1) is 0 Å². The van der Waals surface area contributed by atoms with E-state index in [1.165, 1.54) is 18.2 Å². The van der Waals surface area contributed by atoms with Crippen molar-refractivity contribution in [3.63, 3.8) is 0 Å². The second kappa shape index (κ2) is 7.24. The summed E-state index contributed by atoms with van der Waals surface area (Å²) in [5, 5.41) is 5.46. The van der Waals surface area contributed by atoms with Gasteiger partial charge in [-0.1, -0.05) is 35.3 Å². The van der Waals surface area contributed by atoms with Crippen LogP contribution in [0.1, 0.15) is 10.4 Å². The highest BCUT2D eigenvalue weighted by molar-refractivity contribution is 6.39. The Morgan fingerprint density at radius 3 is 2.32 bits per heavy atom.